The van der Waals surface area contributed by atoms with Crippen molar-refractivity contribution in [3.63, 3.8) is 0 Å². The van der Waals surface area contributed by atoms with Crippen molar-refractivity contribution in [1.82, 2.24) is 19.5 Å². The summed E-state index contributed by atoms with van der Waals surface area (Å²) >= 11 is 0. The molecule has 0 spiro atoms. The maximum atomic E-state index is 10.1. The normalized spacial score (nSPS) is 11.6. The van der Waals surface area contributed by atoms with Gasteiger partial charge in [0.2, 0.25) is 5.95 Å². The van der Waals surface area contributed by atoms with Crippen LogP contribution in [0.5, 0.6) is 0 Å². The number of nitriles is 1. The molecular weight excluding hydrogens is 743 g/mol. The minimum atomic E-state index is 0.507. The highest BCUT2D eigenvalue weighted by Gasteiger charge is 2.23. The molecule has 12 rings (SSSR count). The van der Waals surface area contributed by atoms with Gasteiger partial charge in [0.15, 0.2) is 11.6 Å². The predicted molar refractivity (Wildman–Crippen MR) is 251 cm³/mol. The molecule has 0 aliphatic heterocycles. The Morgan fingerprint density at radius 3 is 1.33 bits per heavy atom. The maximum Gasteiger partial charge on any atom is 0.238 e. The van der Waals surface area contributed by atoms with Crippen LogP contribution in [0.4, 0.5) is 0 Å². The number of aromatic nitrogens is 4. The number of nitrogens with zero attached hydrogens (tertiary/aromatic N) is 5. The molecule has 12 aromatic rings. The van der Waals surface area contributed by atoms with Gasteiger partial charge >= 0.3 is 0 Å². The number of benzene rings is 10. The number of fused-ring (bicyclic) bond motifs is 7. The van der Waals surface area contributed by atoms with E-state index in [-0.39, 0.29) is 0 Å². The molecule has 0 unspecified atom stereocenters. The van der Waals surface area contributed by atoms with Crippen LogP contribution >= 0.6 is 0 Å². The number of hydrogen-bond acceptors (Lipinski definition) is 4. The van der Waals surface area contributed by atoms with Crippen LogP contribution in [0.3, 0.4) is 0 Å². The highest BCUT2D eigenvalue weighted by atomic mass is 15.2. The van der Waals surface area contributed by atoms with Crippen LogP contribution < -0.4 is 0 Å². The lowest BCUT2D eigenvalue weighted by Gasteiger charge is -2.20. The SMILES string of the molecule is N#Cc1ccc2c(c1)c1cc(-c3c4ccccc4c(-c4c5ccccc5cc5ccccc45)c4ccccc34)ccc1n2-c1nc(-c2ccccc2)nc(-c2ccccc2)n1. The van der Waals surface area contributed by atoms with Gasteiger partial charge in [0.1, 0.15) is 0 Å². The van der Waals surface area contributed by atoms with Crippen molar-refractivity contribution in [2.24, 2.45) is 0 Å². The monoisotopic (exact) mass is 775 g/mol. The van der Waals surface area contributed by atoms with Crippen LogP contribution in [-0.2, 0) is 0 Å². The van der Waals surface area contributed by atoms with E-state index in [1.165, 1.54) is 54.2 Å². The molecule has 10 aromatic carbocycles. The Labute approximate surface area is 351 Å². The zero-order valence-corrected chi connectivity index (χ0v) is 32.8. The van der Waals surface area contributed by atoms with Gasteiger partial charge in [0.25, 0.3) is 0 Å². The highest BCUT2D eigenvalue weighted by molar-refractivity contribution is 6.27. The molecular formula is C56H33N5. The Hall–Kier alpha value is -8.46. The lowest BCUT2D eigenvalue weighted by Crippen LogP contribution is -2.06. The third-order valence-electron chi connectivity index (χ3n) is 12.0. The smallest absolute Gasteiger partial charge is 0.238 e. The Kier molecular flexibility index (Phi) is 7.84. The molecule has 0 saturated heterocycles. The molecule has 2 aromatic heterocycles. The molecule has 0 fully saturated rings. The first-order chi connectivity index (χ1) is 30.2. The summed E-state index contributed by atoms with van der Waals surface area (Å²) in [7, 11) is 0. The van der Waals surface area contributed by atoms with E-state index in [4.69, 9.17) is 15.0 Å². The first-order valence-corrected chi connectivity index (χ1v) is 20.4. The second-order valence-corrected chi connectivity index (χ2v) is 15.5. The zero-order chi connectivity index (χ0) is 40.4. The van der Waals surface area contributed by atoms with Gasteiger partial charge in [-0.1, -0.05) is 164 Å². The molecule has 5 nitrogen and oxygen atoms in total. The molecule has 0 aliphatic rings. The topological polar surface area (TPSA) is 67.4 Å². The summed E-state index contributed by atoms with van der Waals surface area (Å²) in [6.45, 7) is 0. The van der Waals surface area contributed by atoms with E-state index in [1.54, 1.807) is 0 Å². The summed E-state index contributed by atoms with van der Waals surface area (Å²) in [6.07, 6.45) is 0. The van der Waals surface area contributed by atoms with Crippen molar-refractivity contribution in [2.45, 2.75) is 0 Å². The highest BCUT2D eigenvalue weighted by Crippen LogP contribution is 2.48. The Bertz CT molecular complexity index is 3600. The van der Waals surface area contributed by atoms with Crippen LogP contribution in [0.15, 0.2) is 200 Å². The van der Waals surface area contributed by atoms with Gasteiger partial charge < -0.3 is 0 Å². The van der Waals surface area contributed by atoms with Gasteiger partial charge in [-0.3, -0.25) is 4.57 Å². The van der Waals surface area contributed by atoms with Crippen molar-refractivity contribution < 1.29 is 0 Å². The van der Waals surface area contributed by atoms with Crippen molar-refractivity contribution >= 4 is 64.9 Å². The molecule has 0 bridgehead atoms. The van der Waals surface area contributed by atoms with Gasteiger partial charge in [0, 0.05) is 21.9 Å². The van der Waals surface area contributed by atoms with Gasteiger partial charge in [-0.05, 0) is 102 Å². The summed E-state index contributed by atoms with van der Waals surface area (Å²) < 4.78 is 2.11. The average Bonchev–Trinajstić information content (AvgIpc) is 3.66. The molecule has 2 heterocycles. The second kappa shape index (κ2) is 13.8. The Balaban J connectivity index is 1.15. The van der Waals surface area contributed by atoms with E-state index < -0.39 is 0 Å². The van der Waals surface area contributed by atoms with Crippen molar-refractivity contribution in [3.05, 3.63) is 206 Å². The molecule has 61 heavy (non-hydrogen) atoms. The Morgan fingerprint density at radius 2 is 0.787 bits per heavy atom. The van der Waals surface area contributed by atoms with E-state index in [1.807, 2.05) is 78.9 Å². The predicted octanol–water partition coefficient (Wildman–Crippen LogP) is 14.1. The van der Waals surface area contributed by atoms with Crippen LogP contribution in [0, 0.1) is 11.3 Å². The lowest BCUT2D eigenvalue weighted by molar-refractivity contribution is 0.953. The molecule has 0 radical (unpaired) electrons. The summed E-state index contributed by atoms with van der Waals surface area (Å²) in [4.78, 5) is 15.2. The third kappa shape index (κ3) is 5.51. The fourth-order valence-electron chi connectivity index (χ4n) is 9.35. The van der Waals surface area contributed by atoms with E-state index in [0.717, 1.165) is 44.1 Å². The van der Waals surface area contributed by atoms with Crippen molar-refractivity contribution in [1.29, 1.82) is 5.26 Å². The van der Waals surface area contributed by atoms with Crippen LogP contribution in [0.25, 0.3) is 116 Å². The average molecular weight is 776 g/mol. The van der Waals surface area contributed by atoms with Gasteiger partial charge in [-0.25, -0.2) is 4.98 Å². The van der Waals surface area contributed by atoms with Crippen LogP contribution in [0.2, 0.25) is 0 Å². The maximum absolute atomic E-state index is 10.1. The molecule has 0 atom stereocenters. The van der Waals surface area contributed by atoms with Crippen LogP contribution in [0.1, 0.15) is 5.56 Å². The van der Waals surface area contributed by atoms with E-state index in [9.17, 15) is 5.26 Å². The van der Waals surface area contributed by atoms with E-state index in [0.29, 0.717) is 23.2 Å². The quantitative estimate of drug-likeness (QED) is 0.163. The minimum Gasteiger partial charge on any atom is -0.278 e. The molecule has 0 aliphatic carbocycles. The molecule has 282 valence electrons. The molecule has 0 N–H and O–H groups in total. The number of hydrogen-bond donors (Lipinski definition) is 0. The fraction of sp³-hybridized carbons (Fsp3) is 0. The third-order valence-corrected chi connectivity index (χ3v) is 12.0. The van der Waals surface area contributed by atoms with Gasteiger partial charge in [-0.2, -0.15) is 15.2 Å². The van der Waals surface area contributed by atoms with Crippen molar-refractivity contribution in [3.8, 4) is 57.0 Å². The molecule has 0 amide bonds. The second-order valence-electron chi connectivity index (χ2n) is 15.5. The van der Waals surface area contributed by atoms with Gasteiger partial charge in [-0.15, -0.1) is 0 Å². The first-order valence-electron chi connectivity index (χ1n) is 20.4. The molecule has 0 saturated carbocycles. The Morgan fingerprint density at radius 1 is 0.344 bits per heavy atom. The summed E-state index contributed by atoms with van der Waals surface area (Å²) in [5.74, 6) is 1.68. The summed E-state index contributed by atoms with van der Waals surface area (Å²) in [5.41, 5.74) is 8.96. The number of rotatable bonds is 5. The standard InChI is InChI=1S/C56H33N5/c57-34-35-27-29-49-47(31-35)48-33-40(28-30-50(48)61(49)56-59-54(36-15-3-1-4-16-36)58-55(60-56)37-17-5-2-6-18-37)51-43-23-11-13-25-45(43)53(46-26-14-12-24-44(46)51)52-41-21-9-7-19-38(41)32-39-20-8-10-22-42(39)52/h1-33H. The minimum absolute atomic E-state index is 0.507. The van der Waals surface area contributed by atoms with Crippen LogP contribution in [-0.4, -0.2) is 19.5 Å². The van der Waals surface area contributed by atoms with E-state index >= 15 is 0 Å². The van der Waals surface area contributed by atoms with Crippen molar-refractivity contribution in [2.75, 3.05) is 0 Å². The molecule has 5 heteroatoms. The largest absolute Gasteiger partial charge is 0.278 e. The van der Waals surface area contributed by atoms with Gasteiger partial charge in [0.05, 0.1) is 22.7 Å². The zero-order valence-electron chi connectivity index (χ0n) is 32.8. The summed E-state index contributed by atoms with van der Waals surface area (Å²) in [5, 5.41) is 21.7. The first kappa shape index (κ1) is 34.6. The van der Waals surface area contributed by atoms with E-state index in [2.05, 4.69) is 132 Å². The summed E-state index contributed by atoms with van der Waals surface area (Å²) in [6, 6.07) is 72.4. The lowest BCUT2D eigenvalue weighted by atomic mass is 9.83. The fourth-order valence-corrected chi connectivity index (χ4v) is 9.35.